The largest absolute Gasteiger partial charge is 0.351 e. The third-order valence-corrected chi connectivity index (χ3v) is 1.97. The highest BCUT2D eigenvalue weighted by atomic mass is 16.5. The van der Waals surface area contributed by atoms with Crippen LogP contribution >= 0.6 is 0 Å². The number of hydrogen-bond donors (Lipinski definition) is 1. The molecule has 1 aromatic heterocycles. The van der Waals surface area contributed by atoms with Crippen molar-refractivity contribution in [1.29, 1.82) is 0 Å². The van der Waals surface area contributed by atoms with Gasteiger partial charge in [-0.1, -0.05) is 35.0 Å². The predicted molar refractivity (Wildman–Crippen MR) is 52.7 cm³/mol. The monoisotopic (exact) mass is 189 g/mol. The van der Waals surface area contributed by atoms with Crippen molar-refractivity contribution in [2.75, 3.05) is 5.73 Å². The molecule has 0 bridgehead atoms. The van der Waals surface area contributed by atoms with E-state index < -0.39 is 0 Å². The molecule has 0 radical (unpaired) electrons. The van der Waals surface area contributed by atoms with Gasteiger partial charge in [-0.15, -0.1) is 0 Å². The number of aromatic nitrogens is 2. The van der Waals surface area contributed by atoms with Crippen LogP contribution in [-0.2, 0) is 6.42 Å². The fraction of sp³-hybridized carbons (Fsp3) is 0.200. The number of hydrogen-bond acceptors (Lipinski definition) is 4. The third-order valence-electron chi connectivity index (χ3n) is 1.97. The Bertz CT molecular complexity index is 419. The van der Waals surface area contributed by atoms with E-state index in [2.05, 4.69) is 33.7 Å². The summed E-state index contributed by atoms with van der Waals surface area (Å²) in [5.41, 5.74) is 7.70. The molecule has 0 aliphatic heterocycles. The maximum Gasteiger partial charge on any atom is 0.318 e. The Morgan fingerprint density at radius 2 is 2.00 bits per heavy atom. The average Bonchev–Trinajstić information content (AvgIpc) is 2.56. The van der Waals surface area contributed by atoms with E-state index in [0.29, 0.717) is 12.2 Å². The number of rotatable bonds is 2. The molecular weight excluding hydrogens is 178 g/mol. The Hall–Kier alpha value is -1.84. The van der Waals surface area contributed by atoms with Crippen molar-refractivity contribution in [2.24, 2.45) is 0 Å². The van der Waals surface area contributed by atoms with Crippen LogP contribution in [0.2, 0.25) is 0 Å². The zero-order chi connectivity index (χ0) is 9.97. The normalized spacial score (nSPS) is 10.4. The first-order chi connectivity index (χ1) is 6.74. The summed E-state index contributed by atoms with van der Waals surface area (Å²) < 4.78 is 4.68. The lowest BCUT2D eigenvalue weighted by molar-refractivity contribution is 0.428. The Balaban J connectivity index is 2.15. The van der Waals surface area contributed by atoms with E-state index in [0.717, 1.165) is 5.56 Å². The molecule has 4 heteroatoms. The molecule has 1 heterocycles. The average molecular weight is 189 g/mol. The first kappa shape index (κ1) is 8.74. The van der Waals surface area contributed by atoms with Gasteiger partial charge in [-0.3, -0.25) is 0 Å². The topological polar surface area (TPSA) is 64.9 Å². The van der Waals surface area contributed by atoms with Crippen LogP contribution in [0.15, 0.2) is 28.8 Å². The fourth-order valence-electron chi connectivity index (χ4n) is 1.23. The van der Waals surface area contributed by atoms with Gasteiger partial charge in [0.25, 0.3) is 0 Å². The molecule has 0 saturated heterocycles. The minimum absolute atomic E-state index is 0.118. The van der Waals surface area contributed by atoms with Gasteiger partial charge in [-0.2, -0.15) is 4.98 Å². The summed E-state index contributed by atoms with van der Waals surface area (Å²) in [5.74, 6) is 0.617. The van der Waals surface area contributed by atoms with Crippen molar-refractivity contribution < 1.29 is 4.52 Å². The number of nitrogens with zero attached hydrogens (tertiary/aromatic N) is 2. The van der Waals surface area contributed by atoms with Crippen molar-refractivity contribution >= 4 is 6.01 Å². The summed E-state index contributed by atoms with van der Waals surface area (Å²) in [6.45, 7) is 2.05. The molecule has 4 nitrogen and oxygen atoms in total. The van der Waals surface area contributed by atoms with E-state index in [4.69, 9.17) is 5.73 Å². The van der Waals surface area contributed by atoms with Crippen LogP contribution in [-0.4, -0.2) is 10.1 Å². The summed E-state index contributed by atoms with van der Waals surface area (Å²) in [7, 11) is 0. The molecule has 0 atom stereocenters. The van der Waals surface area contributed by atoms with Gasteiger partial charge in [-0.05, 0) is 12.5 Å². The highest BCUT2D eigenvalue weighted by molar-refractivity contribution is 5.24. The van der Waals surface area contributed by atoms with Crippen LogP contribution in [0.5, 0.6) is 0 Å². The van der Waals surface area contributed by atoms with Crippen molar-refractivity contribution in [2.45, 2.75) is 13.3 Å². The summed E-state index contributed by atoms with van der Waals surface area (Å²) in [5, 5.41) is 3.72. The zero-order valence-electron chi connectivity index (χ0n) is 7.90. The molecule has 0 aliphatic carbocycles. The Labute approximate surface area is 81.7 Å². The minimum Gasteiger partial charge on any atom is -0.351 e. The molecule has 2 aromatic rings. The molecule has 0 amide bonds. The minimum atomic E-state index is 0.118. The summed E-state index contributed by atoms with van der Waals surface area (Å²) in [6, 6.07) is 8.31. The first-order valence-corrected chi connectivity index (χ1v) is 4.37. The number of nitrogens with two attached hydrogens (primary N) is 1. The second kappa shape index (κ2) is 3.49. The maximum atomic E-state index is 5.32. The Kier molecular flexibility index (Phi) is 2.18. The molecule has 0 aliphatic rings. The second-order valence-corrected chi connectivity index (χ2v) is 3.21. The molecule has 14 heavy (non-hydrogen) atoms. The summed E-state index contributed by atoms with van der Waals surface area (Å²) in [6.07, 6.45) is 0.654. The van der Waals surface area contributed by atoms with Gasteiger partial charge in [0, 0.05) is 6.42 Å². The molecule has 0 spiro atoms. The van der Waals surface area contributed by atoms with Crippen LogP contribution in [0.4, 0.5) is 6.01 Å². The number of anilines is 1. The first-order valence-electron chi connectivity index (χ1n) is 4.37. The number of nitrogen functional groups attached to an aromatic ring is 1. The highest BCUT2D eigenvalue weighted by Crippen LogP contribution is 2.08. The SMILES string of the molecule is Cc1ccc(Cc2noc(N)n2)cc1. The standard InChI is InChI=1S/C10H11N3O/c1-7-2-4-8(5-3-7)6-9-12-10(11)14-13-9/h2-5H,6H2,1H3,(H2,11,12,13). The van der Waals surface area contributed by atoms with Gasteiger partial charge in [0.1, 0.15) is 0 Å². The van der Waals surface area contributed by atoms with Gasteiger partial charge < -0.3 is 10.3 Å². The predicted octanol–water partition coefficient (Wildman–Crippen LogP) is 1.55. The lowest BCUT2D eigenvalue weighted by Crippen LogP contribution is -1.91. The fourth-order valence-corrected chi connectivity index (χ4v) is 1.23. The van der Waals surface area contributed by atoms with Crippen LogP contribution in [0.1, 0.15) is 17.0 Å². The van der Waals surface area contributed by atoms with Gasteiger partial charge in [0.05, 0.1) is 0 Å². The summed E-state index contributed by atoms with van der Waals surface area (Å²) >= 11 is 0. The lowest BCUT2D eigenvalue weighted by atomic mass is 10.1. The van der Waals surface area contributed by atoms with E-state index in [1.54, 1.807) is 0 Å². The second-order valence-electron chi connectivity index (χ2n) is 3.21. The van der Waals surface area contributed by atoms with Crippen LogP contribution in [0.25, 0.3) is 0 Å². The quantitative estimate of drug-likeness (QED) is 0.778. The smallest absolute Gasteiger partial charge is 0.318 e. The van der Waals surface area contributed by atoms with Gasteiger partial charge >= 0.3 is 6.01 Å². The molecule has 2 rings (SSSR count). The molecule has 0 unspecified atom stereocenters. The van der Waals surface area contributed by atoms with Crippen molar-refractivity contribution in [3.63, 3.8) is 0 Å². The van der Waals surface area contributed by atoms with E-state index >= 15 is 0 Å². The summed E-state index contributed by atoms with van der Waals surface area (Å²) in [4.78, 5) is 3.93. The molecule has 0 saturated carbocycles. The van der Waals surface area contributed by atoms with Crippen molar-refractivity contribution in [3.8, 4) is 0 Å². The van der Waals surface area contributed by atoms with E-state index in [1.165, 1.54) is 5.56 Å². The van der Waals surface area contributed by atoms with E-state index in [1.807, 2.05) is 12.1 Å². The lowest BCUT2D eigenvalue weighted by Gasteiger charge is -1.96. The molecule has 72 valence electrons. The molecular formula is C10H11N3O. The number of benzene rings is 1. The molecule has 1 aromatic carbocycles. The number of aryl methyl sites for hydroxylation is 1. The maximum absolute atomic E-state index is 5.32. The van der Waals surface area contributed by atoms with Gasteiger partial charge in [-0.25, -0.2) is 0 Å². The van der Waals surface area contributed by atoms with Gasteiger partial charge in [0.2, 0.25) is 0 Å². The Morgan fingerprint density at radius 3 is 2.57 bits per heavy atom. The van der Waals surface area contributed by atoms with E-state index in [-0.39, 0.29) is 6.01 Å². The van der Waals surface area contributed by atoms with Crippen molar-refractivity contribution in [3.05, 3.63) is 41.2 Å². The zero-order valence-corrected chi connectivity index (χ0v) is 7.90. The van der Waals surface area contributed by atoms with Crippen LogP contribution < -0.4 is 5.73 Å². The molecule has 2 N–H and O–H groups in total. The van der Waals surface area contributed by atoms with Gasteiger partial charge in [0.15, 0.2) is 5.82 Å². The van der Waals surface area contributed by atoms with E-state index in [9.17, 15) is 0 Å². The van der Waals surface area contributed by atoms with Crippen molar-refractivity contribution in [1.82, 2.24) is 10.1 Å². The highest BCUT2D eigenvalue weighted by Gasteiger charge is 2.03. The van der Waals surface area contributed by atoms with Crippen LogP contribution in [0.3, 0.4) is 0 Å². The Morgan fingerprint density at radius 1 is 1.29 bits per heavy atom. The van der Waals surface area contributed by atoms with Crippen LogP contribution in [0, 0.1) is 6.92 Å². The molecule has 0 fully saturated rings. The third kappa shape index (κ3) is 1.90.